The van der Waals surface area contributed by atoms with E-state index in [2.05, 4.69) is 10.1 Å². The van der Waals surface area contributed by atoms with Crippen LogP contribution in [0.25, 0.3) is 0 Å². The SMILES string of the molecule is CC(=O)c1cnn(Cc2cccnc2)c1C. The Morgan fingerprint density at radius 1 is 1.44 bits per heavy atom. The van der Waals surface area contributed by atoms with Crippen molar-refractivity contribution in [2.45, 2.75) is 20.4 Å². The fraction of sp³-hybridized carbons (Fsp3) is 0.250. The molecule has 0 saturated carbocycles. The predicted molar refractivity (Wildman–Crippen MR) is 60.3 cm³/mol. The van der Waals surface area contributed by atoms with E-state index in [0.29, 0.717) is 12.1 Å². The first-order valence-corrected chi connectivity index (χ1v) is 5.10. The van der Waals surface area contributed by atoms with Crippen LogP contribution >= 0.6 is 0 Å². The van der Waals surface area contributed by atoms with Gasteiger partial charge in [-0.2, -0.15) is 5.10 Å². The highest BCUT2D eigenvalue weighted by atomic mass is 16.1. The molecule has 0 aliphatic rings. The Bertz CT molecular complexity index is 502. The monoisotopic (exact) mass is 215 g/mol. The molecule has 16 heavy (non-hydrogen) atoms. The van der Waals surface area contributed by atoms with Crippen molar-refractivity contribution in [3.05, 3.63) is 47.5 Å². The van der Waals surface area contributed by atoms with Gasteiger partial charge in [-0.25, -0.2) is 0 Å². The number of nitrogens with zero attached hydrogens (tertiary/aromatic N) is 3. The molecule has 2 aromatic rings. The average Bonchev–Trinajstić information content (AvgIpc) is 2.62. The lowest BCUT2D eigenvalue weighted by molar-refractivity contribution is 0.101. The molecule has 0 saturated heterocycles. The van der Waals surface area contributed by atoms with E-state index in [9.17, 15) is 4.79 Å². The van der Waals surface area contributed by atoms with Gasteiger partial charge in [0.25, 0.3) is 0 Å². The maximum Gasteiger partial charge on any atom is 0.163 e. The lowest BCUT2D eigenvalue weighted by Crippen LogP contribution is -2.05. The molecular formula is C12H13N3O. The molecule has 4 nitrogen and oxygen atoms in total. The van der Waals surface area contributed by atoms with Crippen LogP contribution < -0.4 is 0 Å². The molecule has 4 heteroatoms. The summed E-state index contributed by atoms with van der Waals surface area (Å²) in [6.07, 6.45) is 5.16. The third kappa shape index (κ3) is 2.00. The topological polar surface area (TPSA) is 47.8 Å². The smallest absolute Gasteiger partial charge is 0.163 e. The number of carbonyl (C=O) groups is 1. The maximum absolute atomic E-state index is 11.3. The van der Waals surface area contributed by atoms with Gasteiger partial charge in [-0.05, 0) is 25.5 Å². The average molecular weight is 215 g/mol. The van der Waals surface area contributed by atoms with Gasteiger partial charge in [0.05, 0.1) is 18.3 Å². The Hall–Kier alpha value is -1.97. The van der Waals surface area contributed by atoms with Crippen molar-refractivity contribution >= 4 is 5.78 Å². The molecule has 2 heterocycles. The van der Waals surface area contributed by atoms with E-state index in [-0.39, 0.29) is 5.78 Å². The van der Waals surface area contributed by atoms with Crippen molar-refractivity contribution in [2.75, 3.05) is 0 Å². The molecule has 2 rings (SSSR count). The van der Waals surface area contributed by atoms with Gasteiger partial charge in [0, 0.05) is 18.1 Å². The number of hydrogen-bond acceptors (Lipinski definition) is 3. The molecule has 0 radical (unpaired) electrons. The first kappa shape index (κ1) is 10.5. The normalized spacial score (nSPS) is 10.4. The third-order valence-corrected chi connectivity index (χ3v) is 2.54. The van der Waals surface area contributed by atoms with Crippen LogP contribution in [0.5, 0.6) is 0 Å². The number of hydrogen-bond donors (Lipinski definition) is 0. The number of pyridine rings is 1. The van der Waals surface area contributed by atoms with Gasteiger partial charge in [0.15, 0.2) is 5.78 Å². The Morgan fingerprint density at radius 3 is 2.81 bits per heavy atom. The van der Waals surface area contributed by atoms with Crippen LogP contribution in [0.4, 0.5) is 0 Å². The first-order chi connectivity index (χ1) is 7.68. The highest BCUT2D eigenvalue weighted by Crippen LogP contribution is 2.09. The fourth-order valence-corrected chi connectivity index (χ4v) is 1.62. The summed E-state index contributed by atoms with van der Waals surface area (Å²) in [5.41, 5.74) is 2.66. The summed E-state index contributed by atoms with van der Waals surface area (Å²) in [6, 6.07) is 3.88. The highest BCUT2D eigenvalue weighted by molar-refractivity contribution is 5.94. The summed E-state index contributed by atoms with van der Waals surface area (Å²) in [5.74, 6) is 0.0509. The van der Waals surface area contributed by atoms with Crippen molar-refractivity contribution in [1.29, 1.82) is 0 Å². The Labute approximate surface area is 93.9 Å². The van der Waals surface area contributed by atoms with E-state index < -0.39 is 0 Å². The Morgan fingerprint density at radius 2 is 2.25 bits per heavy atom. The standard InChI is InChI=1S/C12H13N3O/c1-9-12(10(2)16)7-14-15(9)8-11-4-3-5-13-6-11/h3-7H,8H2,1-2H3. The zero-order valence-electron chi connectivity index (χ0n) is 9.34. The van der Waals surface area contributed by atoms with E-state index in [0.717, 1.165) is 11.3 Å². The van der Waals surface area contributed by atoms with Gasteiger partial charge >= 0.3 is 0 Å². The zero-order valence-corrected chi connectivity index (χ0v) is 9.34. The summed E-state index contributed by atoms with van der Waals surface area (Å²) in [6.45, 7) is 4.10. The van der Waals surface area contributed by atoms with Crippen LogP contribution in [0.3, 0.4) is 0 Å². The van der Waals surface area contributed by atoms with Gasteiger partial charge in [0.2, 0.25) is 0 Å². The zero-order chi connectivity index (χ0) is 11.5. The summed E-state index contributed by atoms with van der Waals surface area (Å²) in [4.78, 5) is 15.3. The number of carbonyl (C=O) groups excluding carboxylic acids is 1. The van der Waals surface area contributed by atoms with Crippen molar-refractivity contribution < 1.29 is 4.79 Å². The molecule has 0 unspecified atom stereocenters. The summed E-state index contributed by atoms with van der Waals surface area (Å²) >= 11 is 0. The molecule has 0 atom stereocenters. The summed E-state index contributed by atoms with van der Waals surface area (Å²) < 4.78 is 1.81. The van der Waals surface area contributed by atoms with Gasteiger partial charge in [0.1, 0.15) is 0 Å². The number of ketones is 1. The van der Waals surface area contributed by atoms with Crippen molar-refractivity contribution in [3.8, 4) is 0 Å². The predicted octanol–water partition coefficient (Wildman–Crippen LogP) is 1.84. The van der Waals surface area contributed by atoms with Gasteiger partial charge < -0.3 is 0 Å². The molecule has 0 N–H and O–H groups in total. The van der Waals surface area contributed by atoms with E-state index in [1.165, 1.54) is 0 Å². The molecule has 0 aliphatic heterocycles. The van der Waals surface area contributed by atoms with Crippen LogP contribution in [0.2, 0.25) is 0 Å². The summed E-state index contributed by atoms with van der Waals surface area (Å²) in [5, 5.41) is 4.20. The molecule has 2 aromatic heterocycles. The molecule has 0 amide bonds. The van der Waals surface area contributed by atoms with Crippen LogP contribution in [-0.2, 0) is 6.54 Å². The minimum atomic E-state index is 0.0509. The Balaban J connectivity index is 2.26. The second kappa shape index (κ2) is 4.26. The largest absolute Gasteiger partial charge is 0.294 e. The Kier molecular flexibility index (Phi) is 2.81. The number of Topliss-reactive ketones (excluding diaryl/α,β-unsaturated/α-hetero) is 1. The lowest BCUT2D eigenvalue weighted by Gasteiger charge is -2.04. The second-order valence-corrected chi connectivity index (χ2v) is 3.72. The minimum absolute atomic E-state index is 0.0509. The van der Waals surface area contributed by atoms with Crippen molar-refractivity contribution in [2.24, 2.45) is 0 Å². The van der Waals surface area contributed by atoms with E-state index in [1.54, 1.807) is 25.5 Å². The van der Waals surface area contributed by atoms with Crippen LogP contribution in [0.1, 0.15) is 28.5 Å². The fourth-order valence-electron chi connectivity index (χ4n) is 1.62. The van der Waals surface area contributed by atoms with Gasteiger partial charge in [-0.15, -0.1) is 0 Å². The minimum Gasteiger partial charge on any atom is -0.294 e. The van der Waals surface area contributed by atoms with Gasteiger partial charge in [-0.1, -0.05) is 6.07 Å². The molecular weight excluding hydrogens is 202 g/mol. The molecule has 0 spiro atoms. The van der Waals surface area contributed by atoms with Crippen molar-refractivity contribution in [1.82, 2.24) is 14.8 Å². The molecule has 0 aliphatic carbocycles. The van der Waals surface area contributed by atoms with E-state index >= 15 is 0 Å². The van der Waals surface area contributed by atoms with E-state index in [4.69, 9.17) is 0 Å². The molecule has 82 valence electrons. The van der Waals surface area contributed by atoms with Crippen LogP contribution in [-0.4, -0.2) is 20.5 Å². The second-order valence-electron chi connectivity index (χ2n) is 3.72. The number of rotatable bonds is 3. The molecule has 0 bridgehead atoms. The van der Waals surface area contributed by atoms with Crippen molar-refractivity contribution in [3.63, 3.8) is 0 Å². The quantitative estimate of drug-likeness (QED) is 0.734. The third-order valence-electron chi connectivity index (χ3n) is 2.54. The lowest BCUT2D eigenvalue weighted by atomic mass is 10.2. The van der Waals surface area contributed by atoms with Crippen LogP contribution in [0, 0.1) is 6.92 Å². The first-order valence-electron chi connectivity index (χ1n) is 5.10. The van der Waals surface area contributed by atoms with Crippen LogP contribution in [0.15, 0.2) is 30.7 Å². The summed E-state index contributed by atoms with van der Waals surface area (Å²) in [7, 11) is 0. The van der Waals surface area contributed by atoms with E-state index in [1.807, 2.05) is 23.7 Å². The number of aromatic nitrogens is 3. The van der Waals surface area contributed by atoms with Gasteiger partial charge in [-0.3, -0.25) is 14.5 Å². The molecule has 0 aromatic carbocycles. The molecule has 0 fully saturated rings. The highest BCUT2D eigenvalue weighted by Gasteiger charge is 2.09. The maximum atomic E-state index is 11.3.